The van der Waals surface area contributed by atoms with E-state index in [9.17, 15) is 9.18 Å². The lowest BCUT2D eigenvalue weighted by molar-refractivity contribution is -0.137. The van der Waals surface area contributed by atoms with Crippen LogP contribution in [0.4, 0.5) is 4.39 Å². The zero-order chi connectivity index (χ0) is 12.3. The molecule has 0 aromatic heterocycles. The minimum absolute atomic E-state index is 0.137. The highest BCUT2D eigenvalue weighted by Crippen LogP contribution is 2.33. The summed E-state index contributed by atoms with van der Waals surface area (Å²) in [5, 5.41) is 8.72. The summed E-state index contributed by atoms with van der Waals surface area (Å²) >= 11 is 5.89. The molecule has 0 radical (unpaired) electrons. The lowest BCUT2D eigenvalue weighted by Gasteiger charge is -2.14. The van der Waals surface area contributed by atoms with Crippen molar-refractivity contribution in [2.75, 3.05) is 7.11 Å². The number of hydrogen-bond acceptors (Lipinski definition) is 3. The van der Waals surface area contributed by atoms with Crippen molar-refractivity contribution in [3.63, 3.8) is 0 Å². The largest absolute Gasteiger partial charge is 0.495 e. The fraction of sp³-hybridized carbons (Fsp3) is 0.300. The van der Waals surface area contributed by atoms with Gasteiger partial charge in [-0.3, -0.25) is 4.79 Å². The number of aliphatic carboxylic acids is 1. The molecule has 1 aromatic carbocycles. The molecule has 0 saturated carbocycles. The first kappa shape index (κ1) is 12.7. The molecule has 0 amide bonds. The molecule has 6 heteroatoms. The van der Waals surface area contributed by atoms with Gasteiger partial charge >= 0.3 is 5.97 Å². The minimum atomic E-state index is -1.08. The maximum absolute atomic E-state index is 13.2. The Morgan fingerprint density at radius 3 is 2.81 bits per heavy atom. The Morgan fingerprint density at radius 2 is 2.31 bits per heavy atom. The van der Waals surface area contributed by atoms with E-state index in [1.165, 1.54) is 7.11 Å². The van der Waals surface area contributed by atoms with Crippen molar-refractivity contribution in [3.05, 3.63) is 28.5 Å². The Morgan fingerprint density at radius 1 is 1.69 bits per heavy atom. The molecule has 16 heavy (non-hydrogen) atoms. The second-order valence-electron chi connectivity index (χ2n) is 3.22. The summed E-state index contributed by atoms with van der Waals surface area (Å²) in [4.78, 5) is 10.5. The molecule has 4 nitrogen and oxygen atoms in total. The lowest BCUT2D eigenvalue weighted by atomic mass is 10.0. The molecule has 0 aliphatic rings. The average molecular weight is 248 g/mol. The van der Waals surface area contributed by atoms with Crippen molar-refractivity contribution in [3.8, 4) is 5.75 Å². The number of carboxylic acid groups (broad SMARTS) is 1. The number of halogens is 2. The highest BCUT2D eigenvalue weighted by atomic mass is 35.5. The Kier molecular flexibility index (Phi) is 4.09. The third-order valence-electron chi connectivity index (χ3n) is 2.05. The fourth-order valence-electron chi connectivity index (χ4n) is 1.30. The van der Waals surface area contributed by atoms with Gasteiger partial charge in [0.1, 0.15) is 11.6 Å². The van der Waals surface area contributed by atoms with E-state index in [0.29, 0.717) is 0 Å². The summed E-state index contributed by atoms with van der Waals surface area (Å²) in [6, 6.07) is 1.35. The van der Waals surface area contributed by atoms with E-state index >= 15 is 0 Å². The van der Waals surface area contributed by atoms with E-state index in [2.05, 4.69) is 0 Å². The molecule has 1 aromatic rings. The second kappa shape index (κ2) is 5.14. The van der Waals surface area contributed by atoms with Crippen molar-refractivity contribution in [1.82, 2.24) is 0 Å². The van der Waals surface area contributed by atoms with Crippen LogP contribution in [0.1, 0.15) is 18.0 Å². The van der Waals surface area contributed by atoms with Gasteiger partial charge in [0.25, 0.3) is 0 Å². The lowest BCUT2D eigenvalue weighted by Crippen LogP contribution is -2.16. The van der Waals surface area contributed by atoms with Crippen LogP contribution in [-0.4, -0.2) is 18.2 Å². The number of ether oxygens (including phenoxy) is 1. The smallest absolute Gasteiger partial charge is 0.305 e. The van der Waals surface area contributed by atoms with Crippen LogP contribution in [0, 0.1) is 5.82 Å². The number of hydrogen-bond donors (Lipinski definition) is 2. The van der Waals surface area contributed by atoms with Crippen LogP contribution in [-0.2, 0) is 4.79 Å². The number of rotatable bonds is 4. The highest BCUT2D eigenvalue weighted by Gasteiger charge is 2.18. The highest BCUT2D eigenvalue weighted by molar-refractivity contribution is 6.32. The third kappa shape index (κ3) is 2.84. The molecule has 0 aliphatic heterocycles. The summed E-state index contributed by atoms with van der Waals surface area (Å²) in [6.45, 7) is 0. The van der Waals surface area contributed by atoms with Gasteiger partial charge in [0.2, 0.25) is 0 Å². The predicted octanol–water partition coefficient (Wildman–Crippen LogP) is 1.96. The molecular formula is C10H11ClFNO3. The van der Waals surface area contributed by atoms with E-state index in [1.54, 1.807) is 0 Å². The first-order chi connectivity index (χ1) is 7.45. The van der Waals surface area contributed by atoms with Crippen molar-refractivity contribution in [2.45, 2.75) is 12.5 Å². The number of nitrogens with two attached hydrogens (primary N) is 1. The summed E-state index contributed by atoms with van der Waals surface area (Å²) < 4.78 is 18.0. The second-order valence-corrected chi connectivity index (χ2v) is 3.59. The van der Waals surface area contributed by atoms with E-state index in [1.807, 2.05) is 0 Å². The SMILES string of the molecule is COc1cc(F)cc(C(N)CC(=O)O)c1Cl. The topological polar surface area (TPSA) is 72.5 Å². The first-order valence-corrected chi connectivity index (χ1v) is 4.83. The van der Waals surface area contributed by atoms with Crippen LogP contribution in [0.15, 0.2) is 12.1 Å². The number of carboxylic acids is 1. The molecule has 0 fully saturated rings. The van der Waals surface area contributed by atoms with Gasteiger partial charge in [-0.2, -0.15) is 0 Å². The van der Waals surface area contributed by atoms with Crippen LogP contribution in [0.2, 0.25) is 5.02 Å². The average Bonchev–Trinajstić information content (AvgIpc) is 2.19. The first-order valence-electron chi connectivity index (χ1n) is 4.46. The molecule has 0 heterocycles. The molecule has 1 rings (SSSR count). The van der Waals surface area contributed by atoms with Gasteiger partial charge in [-0.05, 0) is 11.6 Å². The molecule has 88 valence electrons. The Labute approximate surface area is 96.8 Å². The van der Waals surface area contributed by atoms with E-state index < -0.39 is 17.8 Å². The van der Waals surface area contributed by atoms with Crippen LogP contribution in [0.5, 0.6) is 5.75 Å². The zero-order valence-electron chi connectivity index (χ0n) is 8.54. The Balaban J connectivity index is 3.12. The van der Waals surface area contributed by atoms with E-state index in [4.69, 9.17) is 27.2 Å². The quantitative estimate of drug-likeness (QED) is 0.853. The summed E-state index contributed by atoms with van der Waals surface area (Å²) in [6.07, 6.45) is -0.327. The maximum atomic E-state index is 13.2. The molecule has 0 spiro atoms. The van der Waals surface area contributed by atoms with Gasteiger partial charge in [-0.15, -0.1) is 0 Å². The molecule has 0 bridgehead atoms. The maximum Gasteiger partial charge on any atom is 0.305 e. The molecule has 0 aliphatic carbocycles. The monoisotopic (exact) mass is 247 g/mol. The summed E-state index contributed by atoms with van der Waals surface area (Å²) in [7, 11) is 1.34. The van der Waals surface area contributed by atoms with Crippen LogP contribution < -0.4 is 10.5 Å². The molecular weight excluding hydrogens is 237 g/mol. The number of methoxy groups -OCH3 is 1. The van der Waals surface area contributed by atoms with Gasteiger partial charge in [0.05, 0.1) is 18.6 Å². The standard InChI is InChI=1S/C10H11ClFNO3/c1-16-8-3-5(12)2-6(10(8)11)7(13)4-9(14)15/h2-3,7H,4,13H2,1H3,(H,14,15). The van der Waals surface area contributed by atoms with Crippen LogP contribution >= 0.6 is 11.6 Å². The van der Waals surface area contributed by atoms with Crippen molar-refractivity contribution in [2.24, 2.45) is 5.73 Å². The van der Waals surface area contributed by atoms with E-state index in [0.717, 1.165) is 12.1 Å². The molecule has 1 atom stereocenters. The van der Waals surface area contributed by atoms with E-state index in [-0.39, 0.29) is 22.8 Å². The van der Waals surface area contributed by atoms with Crippen LogP contribution in [0.3, 0.4) is 0 Å². The summed E-state index contributed by atoms with van der Waals surface area (Å²) in [5.41, 5.74) is 5.82. The van der Waals surface area contributed by atoms with Crippen molar-refractivity contribution in [1.29, 1.82) is 0 Å². The van der Waals surface area contributed by atoms with Gasteiger partial charge in [-0.1, -0.05) is 11.6 Å². The third-order valence-corrected chi connectivity index (χ3v) is 2.45. The van der Waals surface area contributed by atoms with Crippen LogP contribution in [0.25, 0.3) is 0 Å². The fourth-order valence-corrected chi connectivity index (χ4v) is 1.63. The normalized spacial score (nSPS) is 12.2. The molecule has 3 N–H and O–H groups in total. The predicted molar refractivity (Wildman–Crippen MR) is 57.1 cm³/mol. The zero-order valence-corrected chi connectivity index (χ0v) is 9.29. The van der Waals surface area contributed by atoms with Gasteiger partial charge in [-0.25, -0.2) is 4.39 Å². The summed E-state index contributed by atoms with van der Waals surface area (Å²) in [5.74, 6) is -1.51. The van der Waals surface area contributed by atoms with Gasteiger partial charge in [0.15, 0.2) is 0 Å². The minimum Gasteiger partial charge on any atom is -0.495 e. The Hall–Kier alpha value is -1.33. The van der Waals surface area contributed by atoms with Crippen molar-refractivity contribution < 1.29 is 19.0 Å². The molecule has 1 unspecified atom stereocenters. The molecule has 0 saturated heterocycles. The van der Waals surface area contributed by atoms with Gasteiger partial charge in [0, 0.05) is 12.1 Å². The Bertz CT molecular complexity index is 411. The van der Waals surface area contributed by atoms with Gasteiger partial charge < -0.3 is 15.6 Å². The number of carbonyl (C=O) groups is 1. The van der Waals surface area contributed by atoms with Crippen molar-refractivity contribution >= 4 is 17.6 Å². The number of benzene rings is 1.